The van der Waals surface area contributed by atoms with Gasteiger partial charge >= 0.3 is 32.0 Å². The molecule has 0 bridgehead atoms. The van der Waals surface area contributed by atoms with E-state index in [1.807, 2.05) is 0 Å². The van der Waals surface area contributed by atoms with Gasteiger partial charge < -0.3 is 0 Å². The van der Waals surface area contributed by atoms with Gasteiger partial charge in [-0.2, -0.15) is 0 Å². The monoisotopic (exact) mass is 145 g/mol. The van der Waals surface area contributed by atoms with Gasteiger partial charge in [0, 0.05) is 4.57 Å². The Morgan fingerprint density at radius 2 is 1.33 bits per heavy atom. The third kappa shape index (κ3) is 198. The quantitative estimate of drug-likeness (QED) is 0.356. The SMILES string of the molecule is O=[P+](O)O.[O]=[Ti]. The van der Waals surface area contributed by atoms with Gasteiger partial charge in [0.05, 0.1) is 0 Å². The van der Waals surface area contributed by atoms with E-state index in [1.165, 1.54) is 0 Å². The molecule has 0 spiro atoms. The molecule has 0 atom stereocenters. The van der Waals surface area contributed by atoms with Crippen LogP contribution in [0.4, 0.5) is 0 Å². The second-order valence-corrected chi connectivity index (χ2v) is 0.758. The Morgan fingerprint density at radius 3 is 1.33 bits per heavy atom. The molecule has 0 unspecified atom stereocenters. The van der Waals surface area contributed by atoms with Gasteiger partial charge in [-0.05, 0) is 0 Å². The molecule has 0 aliphatic heterocycles. The first-order valence-electron chi connectivity index (χ1n) is 0.787. The van der Waals surface area contributed by atoms with Gasteiger partial charge in [0.15, 0.2) is 0 Å². The van der Waals surface area contributed by atoms with Crippen LogP contribution < -0.4 is 0 Å². The van der Waals surface area contributed by atoms with Crippen molar-refractivity contribution in [3.63, 3.8) is 0 Å². The summed E-state index contributed by atoms with van der Waals surface area (Å²) in [5, 5.41) is 0. The van der Waals surface area contributed by atoms with E-state index in [-0.39, 0.29) is 0 Å². The molecule has 0 aromatic heterocycles. The van der Waals surface area contributed by atoms with Crippen molar-refractivity contribution in [2.45, 2.75) is 0 Å². The first-order valence-corrected chi connectivity index (χ1v) is 2.59. The molecule has 0 amide bonds. The van der Waals surface area contributed by atoms with E-state index in [0.29, 0.717) is 0 Å². The molecular weight excluding hydrogens is 143 g/mol. The summed E-state index contributed by atoms with van der Waals surface area (Å²) in [5.74, 6) is 0. The van der Waals surface area contributed by atoms with Gasteiger partial charge in [0.2, 0.25) is 0 Å². The Bertz CT molecular complexity index is 38.8. The summed E-state index contributed by atoms with van der Waals surface area (Å²) in [5.41, 5.74) is 0. The molecule has 0 aliphatic rings. The standard InChI is InChI=1S/HO3P.O.Ti/c1-4(2)3;;/h(H-,1,2,3);;/p+1. The third-order valence-electron chi connectivity index (χ3n) is 0. The molecule has 0 heterocycles. The van der Waals surface area contributed by atoms with Crippen LogP contribution in [0.15, 0.2) is 0 Å². The summed E-state index contributed by atoms with van der Waals surface area (Å²) < 4.78 is 17.0. The summed E-state index contributed by atoms with van der Waals surface area (Å²) in [6, 6.07) is 0. The predicted molar refractivity (Wildman–Crippen MR) is 12.7 cm³/mol. The van der Waals surface area contributed by atoms with Crippen LogP contribution in [0.5, 0.6) is 0 Å². The van der Waals surface area contributed by atoms with Gasteiger partial charge in [0.1, 0.15) is 0 Å². The summed E-state index contributed by atoms with van der Waals surface area (Å²) >= 11 is 0.750. The van der Waals surface area contributed by atoms with Gasteiger partial charge in [-0.25, -0.2) is 0 Å². The molecular formula is H2O4PTi+. The van der Waals surface area contributed by atoms with Crippen molar-refractivity contribution in [3.8, 4) is 0 Å². The average Bonchev–Trinajstić information content (AvgIpc) is 1.41. The Balaban J connectivity index is 0. The van der Waals surface area contributed by atoms with Crippen LogP contribution >= 0.6 is 8.25 Å². The van der Waals surface area contributed by atoms with Crippen LogP contribution in [-0.4, -0.2) is 9.79 Å². The molecule has 4 nitrogen and oxygen atoms in total. The van der Waals surface area contributed by atoms with E-state index in [2.05, 4.69) is 0 Å². The Hall–Kier alpha value is 0.534. The molecule has 0 rings (SSSR count). The zero-order valence-electron chi connectivity index (χ0n) is 2.66. The summed E-state index contributed by atoms with van der Waals surface area (Å²) in [6.45, 7) is 0. The molecule has 0 radical (unpaired) electrons. The minimum absolute atomic E-state index is 0.750. The molecule has 0 saturated carbocycles. The van der Waals surface area contributed by atoms with Crippen LogP contribution in [0, 0.1) is 0 Å². The first kappa shape index (κ1) is 9.73. The van der Waals surface area contributed by atoms with E-state index in [1.54, 1.807) is 0 Å². The van der Waals surface area contributed by atoms with Crippen LogP contribution in [0.2, 0.25) is 0 Å². The summed E-state index contributed by atoms with van der Waals surface area (Å²) in [7, 11) is -2.87. The van der Waals surface area contributed by atoms with Crippen LogP contribution in [0.25, 0.3) is 0 Å². The molecule has 0 saturated heterocycles. The van der Waals surface area contributed by atoms with Crippen LogP contribution in [-0.2, 0) is 28.3 Å². The van der Waals surface area contributed by atoms with Gasteiger partial charge in [-0.3, -0.25) is 0 Å². The van der Waals surface area contributed by atoms with Crippen molar-refractivity contribution >= 4 is 8.25 Å². The number of hydrogen-bond acceptors (Lipinski definition) is 2. The van der Waals surface area contributed by atoms with Crippen molar-refractivity contribution in [3.05, 3.63) is 0 Å². The van der Waals surface area contributed by atoms with E-state index >= 15 is 0 Å². The average molecular weight is 145 g/mol. The molecule has 0 aromatic carbocycles. The topological polar surface area (TPSA) is 74.6 Å². The van der Waals surface area contributed by atoms with Gasteiger partial charge in [0.25, 0.3) is 0 Å². The molecule has 6 heavy (non-hydrogen) atoms. The van der Waals surface area contributed by atoms with E-state index in [9.17, 15) is 0 Å². The van der Waals surface area contributed by atoms with E-state index in [4.69, 9.17) is 17.7 Å². The zero-order chi connectivity index (χ0) is 5.58. The number of rotatable bonds is 0. The number of hydrogen-bond donors (Lipinski definition) is 2. The zero-order valence-corrected chi connectivity index (χ0v) is 5.11. The molecule has 6 heteroatoms. The minimum atomic E-state index is -2.87. The first-order chi connectivity index (χ1) is 2.73. The normalized spacial score (nSPS) is 4.83. The molecule has 34 valence electrons. The fourth-order valence-electron chi connectivity index (χ4n) is 0. The molecule has 0 aromatic rings. The van der Waals surface area contributed by atoms with Gasteiger partial charge in [-0.15, -0.1) is 9.79 Å². The summed E-state index contributed by atoms with van der Waals surface area (Å²) in [6.07, 6.45) is 0. The van der Waals surface area contributed by atoms with Crippen molar-refractivity contribution in [1.29, 1.82) is 0 Å². The fraction of sp³-hybridized carbons (Fsp3) is 0. The molecule has 2 N–H and O–H groups in total. The van der Waals surface area contributed by atoms with E-state index < -0.39 is 8.25 Å². The van der Waals surface area contributed by atoms with Crippen molar-refractivity contribution in [2.75, 3.05) is 0 Å². The molecule has 0 aliphatic carbocycles. The van der Waals surface area contributed by atoms with Crippen LogP contribution in [0.1, 0.15) is 0 Å². The maximum absolute atomic E-state index is 8.70. The fourth-order valence-corrected chi connectivity index (χ4v) is 0. The van der Waals surface area contributed by atoms with Crippen molar-refractivity contribution < 1.29 is 38.1 Å². The summed E-state index contributed by atoms with van der Waals surface area (Å²) in [4.78, 5) is 14.2. The Kier molecular flexibility index (Phi) is 14.8. The maximum atomic E-state index is 8.70. The predicted octanol–water partition coefficient (Wildman–Crippen LogP) is -0.493. The van der Waals surface area contributed by atoms with Crippen molar-refractivity contribution in [2.24, 2.45) is 0 Å². The Labute approximate surface area is 46.9 Å². The third-order valence-corrected chi connectivity index (χ3v) is 0. The van der Waals surface area contributed by atoms with E-state index in [0.717, 1.165) is 20.4 Å². The second kappa shape index (κ2) is 9.11. The second-order valence-electron chi connectivity index (χ2n) is 0.253. The Morgan fingerprint density at radius 1 is 1.33 bits per heavy atom. The van der Waals surface area contributed by atoms with Gasteiger partial charge in [-0.1, -0.05) is 0 Å². The molecule has 0 fully saturated rings. The van der Waals surface area contributed by atoms with Crippen molar-refractivity contribution in [1.82, 2.24) is 0 Å². The van der Waals surface area contributed by atoms with Crippen LogP contribution in [0.3, 0.4) is 0 Å².